The van der Waals surface area contributed by atoms with Crippen molar-refractivity contribution in [3.05, 3.63) is 0 Å². The third-order valence-corrected chi connectivity index (χ3v) is 5.17. The summed E-state index contributed by atoms with van der Waals surface area (Å²) in [6, 6.07) is 0. The molecule has 2 N–H and O–H groups in total. The number of fused-ring (bicyclic) bond motifs is 2. The molecule has 4 unspecified atom stereocenters. The van der Waals surface area contributed by atoms with E-state index < -0.39 is 12.2 Å². The van der Waals surface area contributed by atoms with Gasteiger partial charge in [0.25, 0.3) is 0 Å². The van der Waals surface area contributed by atoms with Crippen LogP contribution < -0.4 is 0 Å². The smallest absolute Gasteiger partial charge is 0.115 e. The van der Waals surface area contributed by atoms with Crippen LogP contribution >= 0.6 is 0 Å². The molecule has 4 heterocycles. The highest BCUT2D eigenvalue weighted by molar-refractivity contribution is 4.95. The summed E-state index contributed by atoms with van der Waals surface area (Å²) in [5.41, 5.74) is 0. The van der Waals surface area contributed by atoms with E-state index in [-0.39, 0.29) is 36.6 Å². The minimum absolute atomic E-state index is 0.0922. The van der Waals surface area contributed by atoms with Gasteiger partial charge in [-0.1, -0.05) is 0 Å². The lowest BCUT2D eigenvalue weighted by Gasteiger charge is -2.18. The van der Waals surface area contributed by atoms with Crippen LogP contribution in [-0.2, 0) is 28.4 Å². The molecule has 4 aliphatic heterocycles. The average molecular weight is 346 g/mol. The molecule has 0 aromatic heterocycles. The van der Waals surface area contributed by atoms with E-state index in [4.69, 9.17) is 28.4 Å². The molecule has 8 atom stereocenters. The summed E-state index contributed by atoms with van der Waals surface area (Å²) < 4.78 is 33.7. The van der Waals surface area contributed by atoms with E-state index in [1.807, 2.05) is 0 Å². The van der Waals surface area contributed by atoms with Gasteiger partial charge < -0.3 is 38.6 Å². The van der Waals surface area contributed by atoms with Crippen molar-refractivity contribution in [2.75, 3.05) is 39.6 Å². The summed E-state index contributed by atoms with van der Waals surface area (Å²) in [5.74, 6) is 0. The van der Waals surface area contributed by atoms with Gasteiger partial charge in [-0.15, -0.1) is 0 Å². The fourth-order valence-corrected chi connectivity index (χ4v) is 3.85. The minimum Gasteiger partial charge on any atom is -0.388 e. The highest BCUT2D eigenvalue weighted by Crippen LogP contribution is 2.30. The van der Waals surface area contributed by atoms with E-state index in [0.29, 0.717) is 39.6 Å². The fourth-order valence-electron chi connectivity index (χ4n) is 3.85. The number of unbranched alkanes of at least 4 members (excludes halogenated alkanes) is 1. The highest BCUT2D eigenvalue weighted by Gasteiger charge is 2.48. The van der Waals surface area contributed by atoms with Crippen molar-refractivity contribution in [1.82, 2.24) is 0 Å². The van der Waals surface area contributed by atoms with Crippen LogP contribution in [0.5, 0.6) is 0 Å². The summed E-state index contributed by atoms with van der Waals surface area (Å²) in [6.45, 7) is 2.83. The van der Waals surface area contributed by atoms with Crippen molar-refractivity contribution >= 4 is 0 Å². The monoisotopic (exact) mass is 346 g/mol. The molecule has 4 rings (SSSR count). The predicted molar refractivity (Wildman–Crippen MR) is 79.7 cm³/mol. The first-order valence-corrected chi connectivity index (χ1v) is 8.80. The van der Waals surface area contributed by atoms with Crippen molar-refractivity contribution in [3.8, 4) is 0 Å². The Morgan fingerprint density at radius 2 is 1.04 bits per heavy atom. The largest absolute Gasteiger partial charge is 0.388 e. The third-order valence-electron chi connectivity index (χ3n) is 5.17. The number of hydrogen-bond donors (Lipinski definition) is 2. The molecular weight excluding hydrogens is 320 g/mol. The number of hydrogen-bond acceptors (Lipinski definition) is 8. The molecule has 0 radical (unpaired) electrons. The van der Waals surface area contributed by atoms with Gasteiger partial charge in [-0.05, 0) is 12.8 Å². The quantitative estimate of drug-likeness (QED) is 0.558. The highest BCUT2D eigenvalue weighted by atomic mass is 16.6. The first-order chi connectivity index (χ1) is 11.7. The molecule has 8 nitrogen and oxygen atoms in total. The molecule has 0 amide bonds. The lowest BCUT2D eigenvalue weighted by atomic mass is 10.1. The number of ether oxygens (including phenoxy) is 6. The lowest BCUT2D eigenvalue weighted by Crippen LogP contribution is -2.33. The van der Waals surface area contributed by atoms with E-state index in [2.05, 4.69) is 0 Å². The van der Waals surface area contributed by atoms with E-state index in [1.165, 1.54) is 0 Å². The predicted octanol–water partition coefficient (Wildman–Crippen LogP) is -1.15. The first kappa shape index (κ1) is 17.1. The second-order valence-electron chi connectivity index (χ2n) is 6.85. The molecule has 0 spiro atoms. The zero-order chi connectivity index (χ0) is 16.5. The Kier molecular flexibility index (Phi) is 5.35. The molecule has 24 heavy (non-hydrogen) atoms. The summed E-state index contributed by atoms with van der Waals surface area (Å²) in [7, 11) is 0. The van der Waals surface area contributed by atoms with Crippen LogP contribution in [0.25, 0.3) is 0 Å². The SMILES string of the molecule is O[C@H]1COC2C1OC[C@H]2OCCCCO[C@@H]1COC2C1OC[C@@H]2O. The maximum atomic E-state index is 9.69. The van der Waals surface area contributed by atoms with E-state index in [1.54, 1.807) is 0 Å². The maximum absolute atomic E-state index is 9.69. The molecular formula is C16H26O8. The Labute approximate surface area is 140 Å². The van der Waals surface area contributed by atoms with Crippen LogP contribution in [0.1, 0.15) is 12.8 Å². The summed E-state index contributed by atoms with van der Waals surface area (Å²) in [6.07, 6.45) is -0.272. The van der Waals surface area contributed by atoms with Crippen LogP contribution in [-0.4, -0.2) is 98.7 Å². The van der Waals surface area contributed by atoms with Crippen molar-refractivity contribution in [2.45, 2.75) is 61.7 Å². The molecule has 4 aliphatic rings. The minimum atomic E-state index is -0.536. The lowest BCUT2D eigenvalue weighted by molar-refractivity contribution is -0.0481. The van der Waals surface area contributed by atoms with Crippen molar-refractivity contribution in [2.24, 2.45) is 0 Å². The molecule has 0 aliphatic carbocycles. The maximum Gasteiger partial charge on any atom is 0.115 e. The Balaban J connectivity index is 1.08. The topological polar surface area (TPSA) is 95.8 Å². The van der Waals surface area contributed by atoms with Gasteiger partial charge in [0.1, 0.15) is 48.8 Å². The van der Waals surface area contributed by atoms with Gasteiger partial charge in [0.2, 0.25) is 0 Å². The molecule has 4 saturated heterocycles. The molecule has 8 heteroatoms. The Bertz CT molecular complexity index is 383. The van der Waals surface area contributed by atoms with Crippen molar-refractivity contribution in [1.29, 1.82) is 0 Å². The molecule has 0 aromatic rings. The van der Waals surface area contributed by atoms with E-state index in [0.717, 1.165) is 12.8 Å². The van der Waals surface area contributed by atoms with Gasteiger partial charge >= 0.3 is 0 Å². The van der Waals surface area contributed by atoms with Gasteiger partial charge in [0.15, 0.2) is 0 Å². The Morgan fingerprint density at radius 3 is 1.50 bits per heavy atom. The fraction of sp³-hybridized carbons (Fsp3) is 1.00. The molecule has 138 valence electrons. The van der Waals surface area contributed by atoms with Gasteiger partial charge in [0.05, 0.1) is 26.4 Å². The summed E-state index contributed by atoms with van der Waals surface area (Å²) >= 11 is 0. The first-order valence-electron chi connectivity index (χ1n) is 8.80. The van der Waals surface area contributed by atoms with Crippen LogP contribution in [0.2, 0.25) is 0 Å². The van der Waals surface area contributed by atoms with Gasteiger partial charge in [-0.3, -0.25) is 0 Å². The van der Waals surface area contributed by atoms with Crippen LogP contribution in [0.3, 0.4) is 0 Å². The van der Waals surface area contributed by atoms with Gasteiger partial charge in [-0.25, -0.2) is 0 Å². The Morgan fingerprint density at radius 1 is 0.625 bits per heavy atom. The second kappa shape index (κ2) is 7.51. The van der Waals surface area contributed by atoms with Crippen molar-refractivity contribution < 1.29 is 38.6 Å². The number of aliphatic hydroxyl groups excluding tert-OH is 2. The second-order valence-corrected chi connectivity index (χ2v) is 6.85. The van der Waals surface area contributed by atoms with Crippen LogP contribution in [0.4, 0.5) is 0 Å². The average Bonchev–Trinajstić information content (AvgIpc) is 3.31. The molecule has 4 fully saturated rings. The van der Waals surface area contributed by atoms with Gasteiger partial charge in [-0.2, -0.15) is 0 Å². The van der Waals surface area contributed by atoms with Crippen molar-refractivity contribution in [3.63, 3.8) is 0 Å². The molecule has 0 bridgehead atoms. The molecule has 0 saturated carbocycles. The zero-order valence-corrected chi connectivity index (χ0v) is 13.6. The van der Waals surface area contributed by atoms with E-state index >= 15 is 0 Å². The standard InChI is InChI=1S/C16H26O8/c17-9-5-21-15-11(7-23-13(9)15)19-3-1-2-4-20-12-8-24-14-10(18)6-22-16(12)14/h9-18H,1-8H2/t9-,10-,11+,12+,13?,14?,15?,16?/m0/s1. The van der Waals surface area contributed by atoms with Gasteiger partial charge in [0, 0.05) is 13.2 Å². The normalized spacial score (nSPS) is 47.2. The Hall–Kier alpha value is -0.320. The van der Waals surface area contributed by atoms with E-state index in [9.17, 15) is 10.2 Å². The summed E-state index contributed by atoms with van der Waals surface area (Å²) in [5, 5.41) is 19.4. The number of rotatable bonds is 7. The van der Waals surface area contributed by atoms with Crippen LogP contribution in [0, 0.1) is 0 Å². The third kappa shape index (κ3) is 3.34. The molecule has 0 aromatic carbocycles. The zero-order valence-electron chi connectivity index (χ0n) is 13.6. The summed E-state index contributed by atoms with van der Waals surface area (Å²) in [4.78, 5) is 0. The number of aliphatic hydroxyl groups is 2. The van der Waals surface area contributed by atoms with Crippen LogP contribution in [0.15, 0.2) is 0 Å².